The molecule has 1 rings (SSSR count). The Kier molecular flexibility index (Phi) is 6.28. The zero-order chi connectivity index (χ0) is 12.7. The van der Waals surface area contributed by atoms with E-state index in [9.17, 15) is 0 Å². The molecule has 0 aliphatic carbocycles. The Bertz CT molecular complexity index is 290. The first kappa shape index (κ1) is 14.2. The van der Waals surface area contributed by atoms with Crippen molar-refractivity contribution >= 4 is 0 Å². The molecule has 1 nitrogen and oxygen atoms in total. The van der Waals surface area contributed by atoms with E-state index in [1.807, 2.05) is 0 Å². The van der Waals surface area contributed by atoms with Crippen LogP contribution in [0.25, 0.3) is 0 Å². The van der Waals surface area contributed by atoms with E-state index >= 15 is 0 Å². The SMILES string of the molecule is CCCC(c1ccccc1)N(C)C(CC)CC. The molecule has 96 valence electrons. The van der Waals surface area contributed by atoms with Crippen molar-refractivity contribution < 1.29 is 0 Å². The average molecular weight is 233 g/mol. The molecule has 0 bridgehead atoms. The first-order chi connectivity index (χ1) is 8.24. The minimum Gasteiger partial charge on any atom is -0.296 e. The second kappa shape index (κ2) is 7.50. The summed E-state index contributed by atoms with van der Waals surface area (Å²) in [7, 11) is 2.28. The quantitative estimate of drug-likeness (QED) is 0.662. The highest BCUT2D eigenvalue weighted by Crippen LogP contribution is 2.27. The largest absolute Gasteiger partial charge is 0.296 e. The minimum atomic E-state index is 0.575. The third kappa shape index (κ3) is 3.85. The Balaban J connectivity index is 2.85. The fourth-order valence-electron chi connectivity index (χ4n) is 2.67. The van der Waals surface area contributed by atoms with Gasteiger partial charge in [-0.05, 0) is 31.9 Å². The molecule has 0 fully saturated rings. The van der Waals surface area contributed by atoms with Crippen molar-refractivity contribution in [2.24, 2.45) is 0 Å². The van der Waals surface area contributed by atoms with Crippen LogP contribution in [0, 0.1) is 0 Å². The summed E-state index contributed by atoms with van der Waals surface area (Å²) in [6.07, 6.45) is 4.96. The predicted molar refractivity (Wildman–Crippen MR) is 76.2 cm³/mol. The van der Waals surface area contributed by atoms with Crippen molar-refractivity contribution in [2.45, 2.75) is 58.5 Å². The molecule has 0 aromatic heterocycles. The number of hydrogen-bond donors (Lipinski definition) is 0. The second-order valence-electron chi connectivity index (χ2n) is 4.85. The standard InChI is InChI=1S/C16H27N/c1-5-11-16(14-12-9-8-10-13-14)17(4)15(6-2)7-3/h8-10,12-13,15-16H,5-7,11H2,1-4H3. The molecular weight excluding hydrogens is 206 g/mol. The first-order valence-corrected chi connectivity index (χ1v) is 7.01. The van der Waals surface area contributed by atoms with E-state index in [1.54, 1.807) is 0 Å². The summed E-state index contributed by atoms with van der Waals surface area (Å²) in [6, 6.07) is 12.2. The van der Waals surface area contributed by atoms with Gasteiger partial charge in [-0.1, -0.05) is 57.5 Å². The van der Waals surface area contributed by atoms with Gasteiger partial charge in [-0.2, -0.15) is 0 Å². The molecular formula is C16H27N. The maximum atomic E-state index is 2.57. The lowest BCUT2D eigenvalue weighted by molar-refractivity contribution is 0.155. The second-order valence-corrected chi connectivity index (χ2v) is 4.85. The highest BCUT2D eigenvalue weighted by Gasteiger charge is 2.21. The normalized spacial score (nSPS) is 13.3. The maximum absolute atomic E-state index is 2.57. The van der Waals surface area contributed by atoms with Crippen molar-refractivity contribution in [1.82, 2.24) is 4.90 Å². The van der Waals surface area contributed by atoms with Gasteiger partial charge in [0, 0.05) is 12.1 Å². The number of nitrogens with zero attached hydrogens (tertiary/aromatic N) is 1. The fraction of sp³-hybridized carbons (Fsp3) is 0.625. The predicted octanol–water partition coefficient (Wildman–Crippen LogP) is 4.65. The molecule has 0 saturated heterocycles. The monoisotopic (exact) mass is 233 g/mol. The van der Waals surface area contributed by atoms with Crippen LogP contribution >= 0.6 is 0 Å². The van der Waals surface area contributed by atoms with Gasteiger partial charge in [0.05, 0.1) is 0 Å². The molecule has 1 unspecified atom stereocenters. The highest BCUT2D eigenvalue weighted by atomic mass is 15.2. The van der Waals surface area contributed by atoms with Crippen molar-refractivity contribution in [3.05, 3.63) is 35.9 Å². The van der Waals surface area contributed by atoms with E-state index in [0.29, 0.717) is 12.1 Å². The molecule has 1 aromatic carbocycles. The van der Waals surface area contributed by atoms with Crippen LogP contribution in [-0.4, -0.2) is 18.0 Å². The van der Waals surface area contributed by atoms with Crippen molar-refractivity contribution in [3.63, 3.8) is 0 Å². The first-order valence-electron chi connectivity index (χ1n) is 7.01. The van der Waals surface area contributed by atoms with Gasteiger partial charge in [-0.15, -0.1) is 0 Å². The summed E-state index contributed by atoms with van der Waals surface area (Å²) in [5, 5.41) is 0. The molecule has 0 radical (unpaired) electrons. The summed E-state index contributed by atoms with van der Waals surface area (Å²) in [5.74, 6) is 0. The van der Waals surface area contributed by atoms with Crippen LogP contribution in [0.15, 0.2) is 30.3 Å². The van der Waals surface area contributed by atoms with E-state index in [-0.39, 0.29) is 0 Å². The van der Waals surface area contributed by atoms with Crippen LogP contribution in [0.1, 0.15) is 58.1 Å². The molecule has 0 aliphatic heterocycles. The summed E-state index contributed by atoms with van der Waals surface area (Å²) in [5.41, 5.74) is 1.46. The van der Waals surface area contributed by atoms with E-state index in [0.717, 1.165) is 0 Å². The third-order valence-electron chi connectivity index (χ3n) is 3.76. The number of benzene rings is 1. The fourth-order valence-corrected chi connectivity index (χ4v) is 2.67. The van der Waals surface area contributed by atoms with Crippen molar-refractivity contribution in [2.75, 3.05) is 7.05 Å². The van der Waals surface area contributed by atoms with Gasteiger partial charge in [0.2, 0.25) is 0 Å². The van der Waals surface area contributed by atoms with Crippen LogP contribution in [-0.2, 0) is 0 Å². The molecule has 0 N–H and O–H groups in total. The lowest BCUT2D eigenvalue weighted by Gasteiger charge is -2.34. The summed E-state index contributed by atoms with van der Waals surface area (Å²) >= 11 is 0. The smallest absolute Gasteiger partial charge is 0.0347 e. The maximum Gasteiger partial charge on any atom is 0.0347 e. The average Bonchev–Trinajstić information content (AvgIpc) is 2.38. The number of rotatable bonds is 7. The van der Waals surface area contributed by atoms with Crippen LogP contribution in [0.2, 0.25) is 0 Å². The van der Waals surface area contributed by atoms with Gasteiger partial charge in [0.1, 0.15) is 0 Å². The molecule has 0 amide bonds. The zero-order valence-corrected chi connectivity index (χ0v) is 11.8. The van der Waals surface area contributed by atoms with E-state index < -0.39 is 0 Å². The van der Waals surface area contributed by atoms with Gasteiger partial charge < -0.3 is 0 Å². The van der Waals surface area contributed by atoms with Crippen molar-refractivity contribution in [1.29, 1.82) is 0 Å². The molecule has 17 heavy (non-hydrogen) atoms. The summed E-state index contributed by atoms with van der Waals surface area (Å²) in [6.45, 7) is 6.86. The molecule has 0 saturated carbocycles. The van der Waals surface area contributed by atoms with E-state index in [4.69, 9.17) is 0 Å². The van der Waals surface area contributed by atoms with Gasteiger partial charge >= 0.3 is 0 Å². The zero-order valence-electron chi connectivity index (χ0n) is 11.8. The van der Waals surface area contributed by atoms with Crippen LogP contribution in [0.3, 0.4) is 0 Å². The lowest BCUT2D eigenvalue weighted by atomic mass is 9.98. The third-order valence-corrected chi connectivity index (χ3v) is 3.76. The van der Waals surface area contributed by atoms with Crippen LogP contribution in [0.4, 0.5) is 0 Å². The molecule has 1 heteroatoms. The van der Waals surface area contributed by atoms with Gasteiger partial charge in [-0.3, -0.25) is 4.90 Å². The Hall–Kier alpha value is -0.820. The topological polar surface area (TPSA) is 3.24 Å². The molecule has 0 spiro atoms. The molecule has 1 atom stereocenters. The summed E-state index contributed by atoms with van der Waals surface area (Å²) < 4.78 is 0. The minimum absolute atomic E-state index is 0.575. The van der Waals surface area contributed by atoms with E-state index in [1.165, 1.54) is 31.2 Å². The van der Waals surface area contributed by atoms with Crippen LogP contribution < -0.4 is 0 Å². The lowest BCUT2D eigenvalue weighted by Crippen LogP contribution is -2.34. The summed E-state index contributed by atoms with van der Waals surface area (Å²) in [4.78, 5) is 2.57. The molecule has 1 aromatic rings. The van der Waals surface area contributed by atoms with Crippen LogP contribution in [0.5, 0.6) is 0 Å². The van der Waals surface area contributed by atoms with E-state index in [2.05, 4.69) is 63.1 Å². The Morgan fingerprint density at radius 3 is 2.06 bits per heavy atom. The Morgan fingerprint density at radius 2 is 1.59 bits per heavy atom. The Labute approximate surface area is 107 Å². The van der Waals surface area contributed by atoms with Gasteiger partial charge in [0.15, 0.2) is 0 Å². The highest BCUT2D eigenvalue weighted by molar-refractivity contribution is 5.19. The molecule has 0 aliphatic rings. The number of hydrogen-bond acceptors (Lipinski definition) is 1. The van der Waals surface area contributed by atoms with Crippen molar-refractivity contribution in [3.8, 4) is 0 Å². The molecule has 0 heterocycles. The Morgan fingerprint density at radius 1 is 1.00 bits per heavy atom. The van der Waals surface area contributed by atoms with Gasteiger partial charge in [0.25, 0.3) is 0 Å². The van der Waals surface area contributed by atoms with Gasteiger partial charge in [-0.25, -0.2) is 0 Å².